The summed E-state index contributed by atoms with van der Waals surface area (Å²) >= 11 is 0. The summed E-state index contributed by atoms with van der Waals surface area (Å²) in [7, 11) is 2.19. The summed E-state index contributed by atoms with van der Waals surface area (Å²) in [5, 5.41) is 3.43. The molecule has 3 aromatic rings. The van der Waals surface area contributed by atoms with E-state index in [9.17, 15) is 0 Å². The number of hydrogen-bond donors (Lipinski definition) is 1. The monoisotopic (exact) mass is 456 g/mol. The summed E-state index contributed by atoms with van der Waals surface area (Å²) < 4.78 is 0. The molecule has 6 heteroatoms. The second-order valence-corrected chi connectivity index (χ2v) is 9.03. The number of aromatic nitrogens is 3. The number of rotatable bonds is 3. The first-order chi connectivity index (χ1) is 16.8. The fraction of sp³-hybridized carbons (Fsp3) is 0.429. The van der Waals surface area contributed by atoms with Crippen molar-refractivity contribution in [1.29, 1.82) is 0 Å². The van der Waals surface area contributed by atoms with Gasteiger partial charge in [-0.3, -0.25) is 24.8 Å². The molecule has 34 heavy (non-hydrogen) atoms. The van der Waals surface area contributed by atoms with Crippen molar-refractivity contribution in [2.45, 2.75) is 50.6 Å². The van der Waals surface area contributed by atoms with Gasteiger partial charge in [0.1, 0.15) is 0 Å². The minimum Gasteiger partial charge on any atom is -0.310 e. The van der Waals surface area contributed by atoms with E-state index in [1.165, 1.54) is 61.1 Å². The molecule has 3 aliphatic rings. The van der Waals surface area contributed by atoms with E-state index in [1.807, 2.05) is 49.2 Å². The summed E-state index contributed by atoms with van der Waals surface area (Å²) in [6, 6.07) is 13.5. The van der Waals surface area contributed by atoms with Crippen LogP contribution in [0.2, 0.25) is 0 Å². The average molecular weight is 457 g/mol. The molecular formula is C28H36N6. The van der Waals surface area contributed by atoms with Crippen LogP contribution in [0.25, 0.3) is 0 Å². The van der Waals surface area contributed by atoms with Gasteiger partial charge in [0.05, 0.1) is 0 Å². The predicted molar refractivity (Wildman–Crippen MR) is 138 cm³/mol. The lowest BCUT2D eigenvalue weighted by Crippen LogP contribution is -2.17. The maximum absolute atomic E-state index is 4.38. The highest BCUT2D eigenvalue weighted by molar-refractivity contribution is 6.01. The lowest BCUT2D eigenvalue weighted by Gasteiger charge is -2.18. The smallest absolute Gasteiger partial charge is 0.0436 e. The van der Waals surface area contributed by atoms with Gasteiger partial charge in [0.15, 0.2) is 0 Å². The molecule has 0 unspecified atom stereocenters. The van der Waals surface area contributed by atoms with Crippen LogP contribution in [0.15, 0.2) is 78.6 Å². The third-order valence-corrected chi connectivity index (χ3v) is 6.61. The molecule has 0 aromatic carbocycles. The minimum atomic E-state index is 0.559. The van der Waals surface area contributed by atoms with Gasteiger partial charge in [-0.15, -0.1) is 0 Å². The Kier molecular flexibility index (Phi) is 9.29. The third-order valence-electron chi connectivity index (χ3n) is 6.61. The van der Waals surface area contributed by atoms with E-state index < -0.39 is 0 Å². The van der Waals surface area contributed by atoms with Crippen molar-refractivity contribution in [2.24, 2.45) is 4.99 Å². The van der Waals surface area contributed by atoms with E-state index in [0.717, 1.165) is 19.5 Å². The Hall–Kier alpha value is -2.96. The molecule has 178 valence electrons. The second kappa shape index (κ2) is 13.1. The van der Waals surface area contributed by atoms with E-state index >= 15 is 0 Å². The van der Waals surface area contributed by atoms with Crippen LogP contribution in [0.5, 0.6) is 0 Å². The molecule has 0 bridgehead atoms. The Morgan fingerprint density at radius 1 is 0.824 bits per heavy atom. The molecule has 0 radical (unpaired) electrons. The molecule has 2 atom stereocenters. The van der Waals surface area contributed by atoms with Crippen molar-refractivity contribution >= 4 is 5.71 Å². The van der Waals surface area contributed by atoms with E-state index in [1.54, 1.807) is 6.20 Å². The largest absolute Gasteiger partial charge is 0.310 e. The first kappa shape index (κ1) is 24.2. The first-order valence-corrected chi connectivity index (χ1v) is 12.5. The van der Waals surface area contributed by atoms with Gasteiger partial charge in [0.25, 0.3) is 0 Å². The number of nitrogens with one attached hydrogen (secondary N) is 1. The number of nitrogens with zero attached hydrogens (tertiary/aromatic N) is 5. The van der Waals surface area contributed by atoms with Gasteiger partial charge < -0.3 is 5.32 Å². The Balaban J connectivity index is 0.000000121. The van der Waals surface area contributed by atoms with Crippen LogP contribution < -0.4 is 5.32 Å². The zero-order valence-electron chi connectivity index (χ0n) is 20.2. The normalized spacial score (nSPS) is 21.7. The Morgan fingerprint density at radius 2 is 1.56 bits per heavy atom. The number of likely N-dealkylation sites (tertiary alicyclic amines) is 1. The molecule has 1 N–H and O–H groups in total. The van der Waals surface area contributed by atoms with Crippen LogP contribution in [0.1, 0.15) is 67.3 Å². The molecule has 0 saturated carbocycles. The highest BCUT2D eigenvalue weighted by Gasteiger charge is 2.22. The lowest BCUT2D eigenvalue weighted by molar-refractivity contribution is 0.317. The lowest BCUT2D eigenvalue weighted by atomic mass is 10.1. The first-order valence-electron chi connectivity index (χ1n) is 12.5. The summed E-state index contributed by atoms with van der Waals surface area (Å²) in [5.41, 5.74) is 5.09. The minimum absolute atomic E-state index is 0.559. The topological polar surface area (TPSA) is 66.3 Å². The van der Waals surface area contributed by atoms with Gasteiger partial charge in [0.2, 0.25) is 0 Å². The summed E-state index contributed by atoms with van der Waals surface area (Å²) in [6.07, 6.45) is 18.7. The van der Waals surface area contributed by atoms with Gasteiger partial charge in [-0.2, -0.15) is 0 Å². The summed E-state index contributed by atoms with van der Waals surface area (Å²) in [6.45, 7) is 3.36. The average Bonchev–Trinajstić information content (AvgIpc) is 3.70. The Bertz CT molecular complexity index is 987. The zero-order valence-corrected chi connectivity index (χ0v) is 20.2. The SMILES string of the molecule is CN1CCC[C@H]1c1cccnc1.c1cncc(C2=NCCC2)c1.c1cncc([C@@H]2CCCN2)c1. The molecule has 2 fully saturated rings. The molecule has 0 spiro atoms. The number of hydrogen-bond acceptors (Lipinski definition) is 6. The zero-order chi connectivity index (χ0) is 23.4. The van der Waals surface area contributed by atoms with E-state index in [-0.39, 0.29) is 0 Å². The van der Waals surface area contributed by atoms with Crippen LogP contribution in [0.3, 0.4) is 0 Å². The maximum atomic E-state index is 4.38. The van der Waals surface area contributed by atoms with E-state index in [0.29, 0.717) is 12.1 Å². The fourth-order valence-corrected chi connectivity index (χ4v) is 4.76. The summed E-state index contributed by atoms with van der Waals surface area (Å²) in [4.78, 5) is 19.1. The van der Waals surface area contributed by atoms with Crippen molar-refractivity contribution in [3.63, 3.8) is 0 Å². The number of aliphatic imine (C=N–C) groups is 1. The highest BCUT2D eigenvalue weighted by atomic mass is 15.1. The molecule has 3 aromatic heterocycles. The van der Waals surface area contributed by atoms with Crippen molar-refractivity contribution < 1.29 is 0 Å². The summed E-state index contributed by atoms with van der Waals surface area (Å²) in [5.74, 6) is 0. The van der Waals surface area contributed by atoms with E-state index in [4.69, 9.17) is 0 Å². The van der Waals surface area contributed by atoms with Crippen molar-refractivity contribution in [1.82, 2.24) is 25.2 Å². The molecule has 6 nitrogen and oxygen atoms in total. The quantitative estimate of drug-likeness (QED) is 0.599. The maximum Gasteiger partial charge on any atom is 0.0436 e. The van der Waals surface area contributed by atoms with Crippen LogP contribution in [-0.4, -0.2) is 52.2 Å². The van der Waals surface area contributed by atoms with Crippen molar-refractivity contribution in [2.75, 3.05) is 26.7 Å². The van der Waals surface area contributed by atoms with Crippen LogP contribution >= 0.6 is 0 Å². The van der Waals surface area contributed by atoms with Crippen LogP contribution in [0, 0.1) is 0 Å². The molecular weight excluding hydrogens is 420 g/mol. The van der Waals surface area contributed by atoms with Crippen molar-refractivity contribution in [3.8, 4) is 0 Å². The molecule has 2 saturated heterocycles. The molecule has 3 aliphatic heterocycles. The Morgan fingerprint density at radius 3 is 2.09 bits per heavy atom. The standard InChI is InChI=1S/C10H14N2.C9H12N2.C9H10N2/c1-12-7-3-5-10(12)9-4-2-6-11-8-9;2*1-3-8(7-10-5-1)9-4-2-6-11-9/h2,4,6,8,10H,3,5,7H2,1H3;1,3,5,7,9,11H,2,4,6H2;1,3,5,7H,2,4,6H2/t10-;9-;/m00./s1. The van der Waals surface area contributed by atoms with Gasteiger partial charge in [-0.25, -0.2) is 0 Å². The highest BCUT2D eigenvalue weighted by Crippen LogP contribution is 2.29. The molecule has 0 aliphatic carbocycles. The van der Waals surface area contributed by atoms with Crippen LogP contribution in [-0.2, 0) is 0 Å². The van der Waals surface area contributed by atoms with Gasteiger partial charge >= 0.3 is 0 Å². The van der Waals surface area contributed by atoms with Crippen LogP contribution in [0.4, 0.5) is 0 Å². The Labute approximate surface area is 203 Å². The van der Waals surface area contributed by atoms with Gasteiger partial charge in [-0.05, 0) is 88.0 Å². The molecule has 0 amide bonds. The van der Waals surface area contributed by atoms with E-state index in [2.05, 4.69) is 55.4 Å². The third kappa shape index (κ3) is 7.02. The van der Waals surface area contributed by atoms with Gasteiger partial charge in [0, 0.05) is 67.1 Å². The van der Waals surface area contributed by atoms with Crippen molar-refractivity contribution in [3.05, 3.63) is 90.3 Å². The predicted octanol–water partition coefficient (Wildman–Crippen LogP) is 5.02. The van der Waals surface area contributed by atoms with Gasteiger partial charge in [-0.1, -0.05) is 18.2 Å². The molecule has 6 rings (SSSR count). The molecule has 6 heterocycles. The fourth-order valence-electron chi connectivity index (χ4n) is 4.76. The second-order valence-electron chi connectivity index (χ2n) is 9.03. The number of pyridine rings is 3.